The summed E-state index contributed by atoms with van der Waals surface area (Å²) in [6.45, 7) is 1.90. The van der Waals surface area contributed by atoms with Crippen LogP contribution in [-0.2, 0) is 4.79 Å². The van der Waals surface area contributed by atoms with Gasteiger partial charge in [-0.3, -0.25) is 4.79 Å². The Bertz CT molecular complexity index is 667. The molecule has 0 saturated carbocycles. The molecule has 0 aliphatic heterocycles. The van der Waals surface area contributed by atoms with Crippen LogP contribution in [0.1, 0.15) is 17.3 Å². The zero-order valence-corrected chi connectivity index (χ0v) is 11.1. The van der Waals surface area contributed by atoms with E-state index in [2.05, 4.69) is 5.32 Å². The predicted molar refractivity (Wildman–Crippen MR) is 77.8 cm³/mol. The quantitative estimate of drug-likeness (QED) is 0.794. The van der Waals surface area contributed by atoms with Gasteiger partial charge in [0, 0.05) is 12.5 Å². The molecule has 104 valence electrons. The van der Waals surface area contributed by atoms with Crippen LogP contribution in [0.5, 0.6) is 0 Å². The standard InChI is InChI=1S/C15H16N2O3/c1-9(8-16)14(18)17-13-7-11-5-3-2-4-10(11)6-12(13)15(19)20/h2-7,9H,8,16H2,1H3,(H,17,18)(H,19,20). The van der Waals surface area contributed by atoms with Gasteiger partial charge in [0.05, 0.1) is 11.3 Å². The largest absolute Gasteiger partial charge is 0.478 e. The van der Waals surface area contributed by atoms with Gasteiger partial charge in [0.15, 0.2) is 0 Å². The number of carbonyl (C=O) groups is 2. The van der Waals surface area contributed by atoms with Crippen LogP contribution in [0.2, 0.25) is 0 Å². The number of rotatable bonds is 4. The molecule has 20 heavy (non-hydrogen) atoms. The van der Waals surface area contributed by atoms with Gasteiger partial charge in [0.2, 0.25) is 5.91 Å². The van der Waals surface area contributed by atoms with Crippen LogP contribution in [0.3, 0.4) is 0 Å². The molecule has 0 fully saturated rings. The second kappa shape index (κ2) is 5.71. The van der Waals surface area contributed by atoms with E-state index in [1.54, 1.807) is 19.1 Å². The van der Waals surface area contributed by atoms with E-state index in [0.717, 1.165) is 10.8 Å². The van der Waals surface area contributed by atoms with E-state index in [1.807, 2.05) is 24.3 Å². The summed E-state index contributed by atoms with van der Waals surface area (Å²) in [7, 11) is 0. The molecule has 0 spiro atoms. The summed E-state index contributed by atoms with van der Waals surface area (Å²) in [5.74, 6) is -1.74. The van der Waals surface area contributed by atoms with Gasteiger partial charge in [-0.1, -0.05) is 31.2 Å². The monoisotopic (exact) mass is 272 g/mol. The van der Waals surface area contributed by atoms with Crippen LogP contribution in [0.4, 0.5) is 5.69 Å². The van der Waals surface area contributed by atoms with Crippen LogP contribution in [0, 0.1) is 5.92 Å². The van der Waals surface area contributed by atoms with E-state index < -0.39 is 5.97 Å². The maximum absolute atomic E-state index is 11.9. The van der Waals surface area contributed by atoms with E-state index in [9.17, 15) is 14.7 Å². The second-order valence-electron chi connectivity index (χ2n) is 4.68. The van der Waals surface area contributed by atoms with Crippen LogP contribution in [0.25, 0.3) is 10.8 Å². The average Bonchev–Trinajstić information content (AvgIpc) is 2.45. The summed E-state index contributed by atoms with van der Waals surface area (Å²) >= 11 is 0. The molecule has 0 heterocycles. The zero-order valence-electron chi connectivity index (χ0n) is 11.1. The molecule has 0 aromatic heterocycles. The molecule has 2 aromatic rings. The minimum atomic E-state index is -1.08. The minimum absolute atomic E-state index is 0.0706. The van der Waals surface area contributed by atoms with Gasteiger partial charge in [-0.05, 0) is 22.9 Å². The molecule has 1 atom stereocenters. The van der Waals surface area contributed by atoms with E-state index in [1.165, 1.54) is 0 Å². The number of amides is 1. The fourth-order valence-corrected chi connectivity index (χ4v) is 1.88. The van der Waals surface area contributed by atoms with E-state index in [4.69, 9.17) is 5.73 Å². The van der Waals surface area contributed by atoms with Gasteiger partial charge in [-0.25, -0.2) is 4.79 Å². The maximum Gasteiger partial charge on any atom is 0.337 e. The zero-order chi connectivity index (χ0) is 14.7. The summed E-state index contributed by atoms with van der Waals surface area (Å²) in [6.07, 6.45) is 0. The number of hydrogen-bond acceptors (Lipinski definition) is 3. The molecule has 2 aromatic carbocycles. The molecule has 4 N–H and O–H groups in total. The summed E-state index contributed by atoms with van der Waals surface area (Å²) in [5, 5.41) is 13.6. The molecule has 5 heteroatoms. The van der Waals surface area contributed by atoms with Crippen molar-refractivity contribution in [2.75, 3.05) is 11.9 Å². The third kappa shape index (κ3) is 2.78. The fraction of sp³-hybridized carbons (Fsp3) is 0.200. The van der Waals surface area contributed by atoms with Gasteiger partial charge in [-0.15, -0.1) is 0 Å². The fourth-order valence-electron chi connectivity index (χ4n) is 1.88. The Kier molecular flexibility index (Phi) is 4.00. The lowest BCUT2D eigenvalue weighted by atomic mass is 10.0. The number of anilines is 1. The SMILES string of the molecule is CC(CN)C(=O)Nc1cc2ccccc2cc1C(=O)O. The van der Waals surface area contributed by atoms with Crippen molar-refractivity contribution in [1.82, 2.24) is 0 Å². The minimum Gasteiger partial charge on any atom is -0.478 e. The Morgan fingerprint density at radius 2 is 1.85 bits per heavy atom. The van der Waals surface area contributed by atoms with Crippen molar-refractivity contribution in [3.05, 3.63) is 42.0 Å². The highest BCUT2D eigenvalue weighted by atomic mass is 16.4. The number of hydrogen-bond donors (Lipinski definition) is 3. The van der Waals surface area contributed by atoms with Crippen molar-refractivity contribution in [2.45, 2.75) is 6.92 Å². The third-order valence-electron chi connectivity index (χ3n) is 3.18. The number of nitrogens with one attached hydrogen (secondary N) is 1. The first-order chi connectivity index (χ1) is 9.52. The molecular formula is C15H16N2O3. The molecule has 5 nitrogen and oxygen atoms in total. The number of aromatic carboxylic acids is 1. The summed E-state index contributed by atoms with van der Waals surface area (Å²) in [6, 6.07) is 10.6. The van der Waals surface area contributed by atoms with Gasteiger partial charge in [0.1, 0.15) is 0 Å². The van der Waals surface area contributed by atoms with Gasteiger partial charge < -0.3 is 16.2 Å². The van der Waals surface area contributed by atoms with Crippen molar-refractivity contribution in [1.29, 1.82) is 0 Å². The van der Waals surface area contributed by atoms with Gasteiger partial charge in [0.25, 0.3) is 0 Å². The van der Waals surface area contributed by atoms with Crippen molar-refractivity contribution in [3.8, 4) is 0 Å². The Balaban J connectivity index is 2.47. The molecule has 2 rings (SSSR count). The summed E-state index contributed by atoms with van der Waals surface area (Å²) in [5.41, 5.74) is 5.80. The van der Waals surface area contributed by atoms with Crippen LogP contribution in [-0.4, -0.2) is 23.5 Å². The first kappa shape index (κ1) is 14.0. The van der Waals surface area contributed by atoms with Crippen LogP contribution >= 0.6 is 0 Å². The highest BCUT2D eigenvalue weighted by molar-refractivity contribution is 6.05. The van der Waals surface area contributed by atoms with Crippen molar-refractivity contribution < 1.29 is 14.7 Å². The van der Waals surface area contributed by atoms with Crippen molar-refractivity contribution >= 4 is 28.3 Å². The van der Waals surface area contributed by atoms with Crippen molar-refractivity contribution in [3.63, 3.8) is 0 Å². The molecule has 1 unspecified atom stereocenters. The molecule has 0 radical (unpaired) electrons. The van der Waals surface area contributed by atoms with E-state index >= 15 is 0 Å². The molecule has 0 bridgehead atoms. The number of carboxylic acids is 1. The summed E-state index contributed by atoms with van der Waals surface area (Å²) < 4.78 is 0. The maximum atomic E-state index is 11.9. The number of carboxylic acid groups (broad SMARTS) is 1. The van der Waals surface area contributed by atoms with Crippen LogP contribution in [0.15, 0.2) is 36.4 Å². The molecular weight excluding hydrogens is 256 g/mol. The average molecular weight is 272 g/mol. The lowest BCUT2D eigenvalue weighted by Gasteiger charge is -2.13. The Morgan fingerprint density at radius 1 is 1.25 bits per heavy atom. The van der Waals surface area contributed by atoms with Gasteiger partial charge in [-0.2, -0.15) is 0 Å². The molecule has 1 amide bonds. The normalized spacial score (nSPS) is 12.1. The van der Waals surface area contributed by atoms with E-state index in [-0.39, 0.29) is 23.9 Å². The molecule has 0 aliphatic rings. The Labute approximate surface area is 116 Å². The lowest BCUT2D eigenvalue weighted by Crippen LogP contribution is -2.27. The smallest absolute Gasteiger partial charge is 0.337 e. The topological polar surface area (TPSA) is 92.4 Å². The molecule has 0 saturated heterocycles. The highest BCUT2D eigenvalue weighted by Crippen LogP contribution is 2.24. The van der Waals surface area contributed by atoms with E-state index in [0.29, 0.717) is 5.69 Å². The van der Waals surface area contributed by atoms with Crippen LogP contribution < -0.4 is 11.1 Å². The second-order valence-corrected chi connectivity index (χ2v) is 4.68. The lowest BCUT2D eigenvalue weighted by molar-refractivity contribution is -0.119. The third-order valence-corrected chi connectivity index (χ3v) is 3.18. The Hall–Kier alpha value is -2.40. The number of fused-ring (bicyclic) bond motifs is 1. The van der Waals surface area contributed by atoms with Gasteiger partial charge >= 0.3 is 5.97 Å². The van der Waals surface area contributed by atoms with Crippen molar-refractivity contribution in [2.24, 2.45) is 11.7 Å². The number of carbonyl (C=O) groups excluding carboxylic acids is 1. The number of benzene rings is 2. The first-order valence-corrected chi connectivity index (χ1v) is 6.30. The Morgan fingerprint density at radius 3 is 2.40 bits per heavy atom. The summed E-state index contributed by atoms with van der Waals surface area (Å²) in [4.78, 5) is 23.2. The highest BCUT2D eigenvalue weighted by Gasteiger charge is 2.16. The first-order valence-electron chi connectivity index (χ1n) is 6.30. The number of nitrogens with two attached hydrogens (primary N) is 1. The molecule has 0 aliphatic carbocycles. The predicted octanol–water partition coefficient (Wildman–Crippen LogP) is 2.07.